The van der Waals surface area contributed by atoms with Crippen LogP contribution < -0.4 is 0 Å². The number of aliphatic carboxylic acids is 1. The van der Waals surface area contributed by atoms with Crippen molar-refractivity contribution in [3.05, 3.63) is 48.6 Å². The highest BCUT2D eigenvalue weighted by molar-refractivity contribution is 5.66. The van der Waals surface area contributed by atoms with Crippen molar-refractivity contribution in [3.63, 3.8) is 0 Å². The first-order chi connectivity index (χ1) is 11.7. The molecule has 0 heterocycles. The fourth-order valence-corrected chi connectivity index (χ4v) is 2.06. The minimum absolute atomic E-state index is 0.0847. The van der Waals surface area contributed by atoms with Gasteiger partial charge in [-0.15, -0.1) is 0 Å². The van der Waals surface area contributed by atoms with E-state index in [9.17, 15) is 4.79 Å². The van der Waals surface area contributed by atoms with Crippen LogP contribution in [0.25, 0.3) is 0 Å². The van der Waals surface area contributed by atoms with Gasteiger partial charge in [-0.2, -0.15) is 0 Å². The molecule has 24 heavy (non-hydrogen) atoms. The van der Waals surface area contributed by atoms with Crippen molar-refractivity contribution in [2.45, 2.75) is 70.8 Å². The standard InChI is InChI=1S/C20H32O4/c1-2-3-4-5-6-7-8-9-10-11-12-13-14-16-19(24-23)17-15-18-20(21)22/h6-7,9-10,12-14,16,19,23H,2-5,8,11,15,17-18H2,1H3,(H,21,22)/b7-6-,10-9-,13-12-,16-14-/t19-/m0/s1. The third kappa shape index (κ3) is 16.7. The maximum atomic E-state index is 10.4. The van der Waals surface area contributed by atoms with Gasteiger partial charge in [-0.05, 0) is 38.5 Å². The fourth-order valence-electron chi connectivity index (χ4n) is 2.06. The Kier molecular flexibility index (Phi) is 16.5. The van der Waals surface area contributed by atoms with Gasteiger partial charge in [0.2, 0.25) is 0 Å². The largest absolute Gasteiger partial charge is 0.481 e. The van der Waals surface area contributed by atoms with Crippen LogP contribution in [0.15, 0.2) is 48.6 Å². The SMILES string of the molecule is CCCCC/C=C\C/C=C\C/C=C\C=C/[C@@H](CCCC(=O)O)OO. The zero-order valence-corrected chi connectivity index (χ0v) is 14.8. The first kappa shape index (κ1) is 22.4. The molecule has 4 nitrogen and oxygen atoms in total. The predicted molar refractivity (Wildman–Crippen MR) is 98.9 cm³/mol. The molecule has 0 aliphatic heterocycles. The topological polar surface area (TPSA) is 66.8 Å². The number of hydrogen-bond acceptors (Lipinski definition) is 3. The van der Waals surface area contributed by atoms with E-state index in [1.54, 1.807) is 6.08 Å². The van der Waals surface area contributed by atoms with Gasteiger partial charge in [0.05, 0.1) is 0 Å². The van der Waals surface area contributed by atoms with E-state index < -0.39 is 12.1 Å². The van der Waals surface area contributed by atoms with Crippen LogP contribution in [-0.2, 0) is 9.68 Å². The van der Waals surface area contributed by atoms with E-state index in [1.807, 2.05) is 18.2 Å². The number of carboxylic acids is 1. The highest BCUT2D eigenvalue weighted by Gasteiger charge is 2.05. The Balaban J connectivity index is 3.74. The second kappa shape index (κ2) is 17.7. The molecule has 0 rings (SSSR count). The maximum absolute atomic E-state index is 10.4. The lowest BCUT2D eigenvalue weighted by atomic mass is 10.1. The summed E-state index contributed by atoms with van der Waals surface area (Å²) < 4.78 is 0. The highest BCUT2D eigenvalue weighted by Crippen LogP contribution is 2.06. The van der Waals surface area contributed by atoms with Crippen LogP contribution in [0.2, 0.25) is 0 Å². The number of unbranched alkanes of at least 4 members (excludes halogenated alkanes) is 3. The number of rotatable bonds is 15. The van der Waals surface area contributed by atoms with Crippen molar-refractivity contribution in [2.75, 3.05) is 0 Å². The summed E-state index contributed by atoms with van der Waals surface area (Å²) in [4.78, 5) is 14.7. The lowest BCUT2D eigenvalue weighted by Crippen LogP contribution is -2.08. The van der Waals surface area contributed by atoms with Crippen LogP contribution in [0.3, 0.4) is 0 Å². The Bertz CT molecular complexity index is 408. The molecule has 0 aromatic carbocycles. The van der Waals surface area contributed by atoms with Crippen LogP contribution >= 0.6 is 0 Å². The molecule has 0 saturated heterocycles. The minimum atomic E-state index is -0.835. The molecule has 1 atom stereocenters. The Morgan fingerprint density at radius 1 is 1.00 bits per heavy atom. The van der Waals surface area contributed by atoms with Crippen LogP contribution in [0.5, 0.6) is 0 Å². The quantitative estimate of drug-likeness (QED) is 0.133. The molecule has 0 aromatic rings. The van der Waals surface area contributed by atoms with Gasteiger partial charge in [-0.1, -0.05) is 68.4 Å². The van der Waals surface area contributed by atoms with Crippen molar-refractivity contribution in [1.82, 2.24) is 0 Å². The lowest BCUT2D eigenvalue weighted by Gasteiger charge is -2.06. The molecule has 136 valence electrons. The first-order valence-electron chi connectivity index (χ1n) is 8.86. The number of hydrogen-bond donors (Lipinski definition) is 2. The number of carboxylic acid groups (broad SMARTS) is 1. The average Bonchev–Trinajstić information content (AvgIpc) is 2.57. The van der Waals surface area contributed by atoms with Gasteiger partial charge in [-0.25, -0.2) is 4.89 Å². The number of allylic oxidation sites excluding steroid dienone is 7. The second-order valence-electron chi connectivity index (χ2n) is 5.65. The van der Waals surface area contributed by atoms with E-state index in [1.165, 1.54) is 25.7 Å². The summed E-state index contributed by atoms with van der Waals surface area (Å²) in [6, 6.07) is 0. The predicted octanol–water partition coefficient (Wildman–Crippen LogP) is 5.68. The normalized spacial score (nSPS) is 13.8. The average molecular weight is 336 g/mol. The van der Waals surface area contributed by atoms with E-state index in [0.717, 1.165) is 12.8 Å². The van der Waals surface area contributed by atoms with E-state index in [4.69, 9.17) is 10.4 Å². The van der Waals surface area contributed by atoms with Crippen molar-refractivity contribution < 1.29 is 20.0 Å². The summed E-state index contributed by atoms with van der Waals surface area (Å²) in [5, 5.41) is 17.3. The first-order valence-corrected chi connectivity index (χ1v) is 8.86. The zero-order valence-electron chi connectivity index (χ0n) is 14.8. The molecule has 0 aliphatic carbocycles. The molecule has 0 spiro atoms. The van der Waals surface area contributed by atoms with Crippen LogP contribution in [-0.4, -0.2) is 22.4 Å². The molecule has 0 bridgehead atoms. The van der Waals surface area contributed by atoms with Gasteiger partial charge in [-0.3, -0.25) is 10.1 Å². The molecule has 0 unspecified atom stereocenters. The smallest absolute Gasteiger partial charge is 0.303 e. The van der Waals surface area contributed by atoms with Crippen LogP contribution in [0.1, 0.15) is 64.7 Å². The molecule has 2 N–H and O–H groups in total. The van der Waals surface area contributed by atoms with Gasteiger partial charge in [0.25, 0.3) is 0 Å². The minimum Gasteiger partial charge on any atom is -0.481 e. The monoisotopic (exact) mass is 336 g/mol. The molecule has 0 fully saturated rings. The molecular formula is C20H32O4. The summed E-state index contributed by atoms with van der Waals surface area (Å²) in [5.74, 6) is -0.835. The summed E-state index contributed by atoms with van der Waals surface area (Å²) in [7, 11) is 0. The maximum Gasteiger partial charge on any atom is 0.303 e. The second-order valence-corrected chi connectivity index (χ2v) is 5.65. The van der Waals surface area contributed by atoms with E-state index in [2.05, 4.69) is 36.1 Å². The van der Waals surface area contributed by atoms with E-state index in [0.29, 0.717) is 12.8 Å². The molecule has 0 aromatic heterocycles. The Morgan fingerprint density at radius 2 is 1.71 bits per heavy atom. The summed E-state index contributed by atoms with van der Waals surface area (Å²) in [6.07, 6.45) is 23.6. The summed E-state index contributed by atoms with van der Waals surface area (Å²) in [5.41, 5.74) is 0. The third-order valence-electron chi connectivity index (χ3n) is 3.44. The van der Waals surface area contributed by atoms with E-state index in [-0.39, 0.29) is 6.42 Å². The molecular weight excluding hydrogens is 304 g/mol. The van der Waals surface area contributed by atoms with Crippen molar-refractivity contribution in [3.8, 4) is 0 Å². The molecule has 0 radical (unpaired) electrons. The molecule has 0 saturated carbocycles. The highest BCUT2D eigenvalue weighted by atomic mass is 17.1. The van der Waals surface area contributed by atoms with Crippen LogP contribution in [0.4, 0.5) is 0 Å². The Morgan fingerprint density at radius 3 is 2.38 bits per heavy atom. The van der Waals surface area contributed by atoms with Gasteiger partial charge < -0.3 is 5.11 Å². The van der Waals surface area contributed by atoms with Gasteiger partial charge in [0, 0.05) is 6.42 Å². The molecule has 4 heteroatoms. The van der Waals surface area contributed by atoms with Gasteiger partial charge in [0.1, 0.15) is 6.10 Å². The number of carbonyl (C=O) groups is 1. The molecule has 0 amide bonds. The van der Waals surface area contributed by atoms with Crippen molar-refractivity contribution in [2.24, 2.45) is 0 Å². The van der Waals surface area contributed by atoms with E-state index >= 15 is 0 Å². The Labute approximate surface area is 146 Å². The van der Waals surface area contributed by atoms with Crippen molar-refractivity contribution in [1.29, 1.82) is 0 Å². The summed E-state index contributed by atoms with van der Waals surface area (Å²) in [6.45, 7) is 2.21. The van der Waals surface area contributed by atoms with Gasteiger partial charge in [0.15, 0.2) is 0 Å². The van der Waals surface area contributed by atoms with Crippen molar-refractivity contribution >= 4 is 5.97 Å². The third-order valence-corrected chi connectivity index (χ3v) is 3.44. The lowest BCUT2D eigenvalue weighted by molar-refractivity contribution is -0.267. The summed E-state index contributed by atoms with van der Waals surface area (Å²) >= 11 is 0. The Hall–Kier alpha value is -1.65. The zero-order chi connectivity index (χ0) is 17.9. The molecule has 0 aliphatic rings. The van der Waals surface area contributed by atoms with Crippen LogP contribution in [0, 0.1) is 0 Å². The fraction of sp³-hybridized carbons (Fsp3) is 0.550. The van der Waals surface area contributed by atoms with Gasteiger partial charge >= 0.3 is 5.97 Å².